The molecule has 0 saturated carbocycles. The molecule has 0 amide bonds. The Morgan fingerprint density at radius 2 is 1.78 bits per heavy atom. The Hall–Kier alpha value is -3.19. The molecule has 23 heavy (non-hydrogen) atoms. The molecule has 0 atom stereocenters. The van der Waals surface area contributed by atoms with Gasteiger partial charge in [-0.3, -0.25) is 0 Å². The van der Waals surface area contributed by atoms with Crippen LogP contribution in [0.5, 0.6) is 0 Å². The minimum absolute atomic E-state index is 0.143. The van der Waals surface area contributed by atoms with Gasteiger partial charge in [-0.1, -0.05) is 42.0 Å². The first-order valence-corrected chi connectivity index (χ1v) is 7.12. The monoisotopic (exact) mass is 303 g/mol. The first-order valence-electron chi connectivity index (χ1n) is 7.12. The lowest BCUT2D eigenvalue weighted by atomic mass is 9.98. The van der Waals surface area contributed by atoms with Crippen LogP contribution in [0.3, 0.4) is 0 Å². The average Bonchev–Trinajstić information content (AvgIpc) is 2.55. The summed E-state index contributed by atoms with van der Waals surface area (Å²) in [6, 6.07) is 17.8. The van der Waals surface area contributed by atoms with E-state index in [0.717, 1.165) is 11.1 Å². The van der Waals surface area contributed by atoms with Crippen LogP contribution in [0.15, 0.2) is 54.6 Å². The Morgan fingerprint density at radius 3 is 2.43 bits per heavy atom. The molecule has 2 N–H and O–H groups in total. The second-order valence-electron chi connectivity index (χ2n) is 5.30. The van der Waals surface area contributed by atoms with E-state index in [9.17, 15) is 9.65 Å². The SMILES string of the molecule is Cc1ccc(-c2cc(-c3cccc(F)c3)nc(N)c2C#N)cc1. The van der Waals surface area contributed by atoms with Crippen LogP contribution in [0.4, 0.5) is 10.2 Å². The van der Waals surface area contributed by atoms with Gasteiger partial charge in [-0.2, -0.15) is 5.26 Å². The highest BCUT2D eigenvalue weighted by molar-refractivity contribution is 5.80. The number of nitrogens with zero attached hydrogens (tertiary/aromatic N) is 2. The van der Waals surface area contributed by atoms with E-state index < -0.39 is 0 Å². The van der Waals surface area contributed by atoms with Crippen molar-refractivity contribution in [1.82, 2.24) is 4.98 Å². The number of nitriles is 1. The first kappa shape index (κ1) is 14.7. The van der Waals surface area contributed by atoms with Crippen molar-refractivity contribution in [3.63, 3.8) is 0 Å². The van der Waals surface area contributed by atoms with Crippen molar-refractivity contribution < 1.29 is 4.39 Å². The lowest BCUT2D eigenvalue weighted by Gasteiger charge is -2.10. The summed E-state index contributed by atoms with van der Waals surface area (Å²) in [5, 5.41) is 9.39. The Morgan fingerprint density at radius 1 is 1.04 bits per heavy atom. The van der Waals surface area contributed by atoms with Crippen LogP contribution < -0.4 is 5.73 Å². The van der Waals surface area contributed by atoms with Crippen LogP contribution in [-0.2, 0) is 0 Å². The third kappa shape index (κ3) is 2.90. The molecular formula is C19H14FN3. The number of aryl methyl sites for hydroxylation is 1. The van der Waals surface area contributed by atoms with Crippen molar-refractivity contribution >= 4 is 5.82 Å². The number of rotatable bonds is 2. The Kier molecular flexibility index (Phi) is 3.78. The fraction of sp³-hybridized carbons (Fsp3) is 0.0526. The van der Waals surface area contributed by atoms with E-state index in [4.69, 9.17) is 5.73 Å². The molecule has 0 spiro atoms. The van der Waals surface area contributed by atoms with Gasteiger partial charge in [-0.25, -0.2) is 9.37 Å². The van der Waals surface area contributed by atoms with Crippen LogP contribution in [0, 0.1) is 24.1 Å². The van der Waals surface area contributed by atoms with E-state index >= 15 is 0 Å². The van der Waals surface area contributed by atoms with Crippen LogP contribution >= 0.6 is 0 Å². The van der Waals surface area contributed by atoms with E-state index in [1.807, 2.05) is 31.2 Å². The first-order chi connectivity index (χ1) is 11.1. The molecule has 0 radical (unpaired) electrons. The maximum Gasteiger partial charge on any atom is 0.142 e. The third-order valence-electron chi connectivity index (χ3n) is 3.64. The van der Waals surface area contributed by atoms with Gasteiger partial charge in [-0.05, 0) is 30.7 Å². The topological polar surface area (TPSA) is 62.7 Å². The fourth-order valence-electron chi connectivity index (χ4n) is 2.44. The quantitative estimate of drug-likeness (QED) is 0.767. The Bertz CT molecular complexity index is 909. The molecular weight excluding hydrogens is 289 g/mol. The number of halogens is 1. The molecule has 0 aliphatic carbocycles. The molecule has 0 unspecified atom stereocenters. The largest absolute Gasteiger partial charge is 0.383 e. The summed E-state index contributed by atoms with van der Waals surface area (Å²) in [6.45, 7) is 1.99. The Labute approximate surface area is 133 Å². The van der Waals surface area contributed by atoms with Gasteiger partial charge in [0, 0.05) is 11.1 Å². The molecule has 0 aliphatic rings. The molecule has 1 heterocycles. The summed E-state index contributed by atoms with van der Waals surface area (Å²) in [6.07, 6.45) is 0. The number of nitrogens with two attached hydrogens (primary N) is 1. The number of pyridine rings is 1. The van der Waals surface area contributed by atoms with Gasteiger partial charge in [0.1, 0.15) is 23.3 Å². The highest BCUT2D eigenvalue weighted by Gasteiger charge is 2.13. The third-order valence-corrected chi connectivity index (χ3v) is 3.64. The van der Waals surface area contributed by atoms with Crippen molar-refractivity contribution in [2.45, 2.75) is 6.92 Å². The maximum atomic E-state index is 13.5. The number of nitrogen functional groups attached to an aromatic ring is 1. The van der Waals surface area contributed by atoms with Crippen molar-refractivity contribution in [2.75, 3.05) is 5.73 Å². The second kappa shape index (κ2) is 5.90. The predicted octanol–water partition coefficient (Wildman–Crippen LogP) is 4.32. The van der Waals surface area contributed by atoms with E-state index in [0.29, 0.717) is 22.4 Å². The predicted molar refractivity (Wildman–Crippen MR) is 88.9 cm³/mol. The van der Waals surface area contributed by atoms with Gasteiger partial charge < -0.3 is 5.73 Å². The molecule has 0 bridgehead atoms. The zero-order chi connectivity index (χ0) is 16.4. The number of aromatic nitrogens is 1. The average molecular weight is 303 g/mol. The molecule has 0 saturated heterocycles. The smallest absolute Gasteiger partial charge is 0.142 e. The van der Waals surface area contributed by atoms with Gasteiger partial charge in [0.05, 0.1) is 5.69 Å². The van der Waals surface area contributed by atoms with E-state index in [1.54, 1.807) is 18.2 Å². The minimum atomic E-state index is -0.343. The van der Waals surface area contributed by atoms with Crippen LogP contribution in [0.1, 0.15) is 11.1 Å². The lowest BCUT2D eigenvalue weighted by Crippen LogP contribution is -2.00. The van der Waals surface area contributed by atoms with E-state index in [-0.39, 0.29) is 11.6 Å². The highest BCUT2D eigenvalue weighted by atomic mass is 19.1. The summed E-state index contributed by atoms with van der Waals surface area (Å²) in [7, 11) is 0. The zero-order valence-corrected chi connectivity index (χ0v) is 12.5. The molecule has 3 nitrogen and oxygen atoms in total. The summed E-state index contributed by atoms with van der Waals surface area (Å²) in [4.78, 5) is 4.25. The molecule has 3 aromatic rings. The summed E-state index contributed by atoms with van der Waals surface area (Å²) >= 11 is 0. The Balaban J connectivity index is 2.22. The molecule has 3 rings (SSSR count). The zero-order valence-electron chi connectivity index (χ0n) is 12.5. The number of benzene rings is 2. The molecule has 0 aliphatic heterocycles. The van der Waals surface area contributed by atoms with Crippen LogP contribution in [0.2, 0.25) is 0 Å². The van der Waals surface area contributed by atoms with Crippen molar-refractivity contribution in [2.24, 2.45) is 0 Å². The summed E-state index contributed by atoms with van der Waals surface area (Å²) in [5.74, 6) is -0.200. The van der Waals surface area contributed by atoms with Crippen molar-refractivity contribution in [3.05, 3.63) is 71.5 Å². The molecule has 2 aromatic carbocycles. The number of hydrogen-bond acceptors (Lipinski definition) is 3. The minimum Gasteiger partial charge on any atom is -0.383 e. The summed E-state index contributed by atoms with van der Waals surface area (Å²) in [5.41, 5.74) is 10.1. The lowest BCUT2D eigenvalue weighted by molar-refractivity contribution is 0.628. The van der Waals surface area contributed by atoms with Gasteiger partial charge in [-0.15, -0.1) is 0 Å². The normalized spacial score (nSPS) is 10.3. The van der Waals surface area contributed by atoms with Gasteiger partial charge in [0.2, 0.25) is 0 Å². The molecule has 0 fully saturated rings. The van der Waals surface area contributed by atoms with Gasteiger partial charge >= 0.3 is 0 Å². The number of anilines is 1. The molecule has 112 valence electrons. The van der Waals surface area contributed by atoms with E-state index in [2.05, 4.69) is 11.1 Å². The van der Waals surface area contributed by atoms with E-state index in [1.165, 1.54) is 12.1 Å². The van der Waals surface area contributed by atoms with Crippen molar-refractivity contribution in [3.8, 4) is 28.5 Å². The fourth-order valence-corrected chi connectivity index (χ4v) is 2.44. The maximum absolute atomic E-state index is 13.5. The van der Waals surface area contributed by atoms with Gasteiger partial charge in [0.25, 0.3) is 0 Å². The standard InChI is InChI=1S/C19H14FN3/c1-12-5-7-13(8-6-12)16-10-18(23-19(22)17(16)11-21)14-3-2-4-15(20)9-14/h2-10H,1H3,(H2,22,23). The van der Waals surface area contributed by atoms with Crippen LogP contribution in [-0.4, -0.2) is 4.98 Å². The second-order valence-corrected chi connectivity index (χ2v) is 5.30. The highest BCUT2D eigenvalue weighted by Crippen LogP contribution is 2.31. The molecule has 4 heteroatoms. The molecule has 1 aromatic heterocycles. The van der Waals surface area contributed by atoms with Crippen molar-refractivity contribution in [1.29, 1.82) is 5.26 Å². The number of hydrogen-bond donors (Lipinski definition) is 1. The van der Waals surface area contributed by atoms with Gasteiger partial charge in [0.15, 0.2) is 0 Å². The van der Waals surface area contributed by atoms with Crippen LogP contribution in [0.25, 0.3) is 22.4 Å². The summed E-state index contributed by atoms with van der Waals surface area (Å²) < 4.78 is 13.5.